The topological polar surface area (TPSA) is 95.1 Å². The Labute approximate surface area is 128 Å². The molecule has 22 heavy (non-hydrogen) atoms. The zero-order valence-electron chi connectivity index (χ0n) is 12.2. The number of carbonyl (C=O) groups excluding carboxylic acids is 1. The van der Waals surface area contributed by atoms with Gasteiger partial charge in [0.05, 0.1) is 11.8 Å². The molecule has 1 amide bonds. The van der Waals surface area contributed by atoms with Gasteiger partial charge in [0, 0.05) is 13.1 Å². The van der Waals surface area contributed by atoms with E-state index < -0.39 is 0 Å². The summed E-state index contributed by atoms with van der Waals surface area (Å²) < 4.78 is 7.26. The lowest BCUT2D eigenvalue weighted by molar-refractivity contribution is -0.132. The van der Waals surface area contributed by atoms with Gasteiger partial charge in [0.1, 0.15) is 18.8 Å². The summed E-state index contributed by atoms with van der Waals surface area (Å²) in [6.45, 7) is 0.942. The lowest BCUT2D eigenvalue weighted by Crippen LogP contribution is -2.35. The zero-order chi connectivity index (χ0) is 15.4. The second-order valence-electron chi connectivity index (χ2n) is 5.28. The first-order valence-electron chi connectivity index (χ1n) is 7.33. The maximum Gasteiger partial charge on any atom is 0.249 e. The molecule has 0 aliphatic carbocycles. The van der Waals surface area contributed by atoms with Gasteiger partial charge in [-0.05, 0) is 30.5 Å². The Kier molecular flexibility index (Phi) is 4.45. The van der Waals surface area contributed by atoms with Crippen molar-refractivity contribution in [2.45, 2.75) is 31.6 Å². The molecule has 1 aliphatic heterocycles. The van der Waals surface area contributed by atoms with Crippen LogP contribution in [-0.2, 0) is 16.1 Å². The summed E-state index contributed by atoms with van der Waals surface area (Å²) in [5.41, 5.74) is 7.49. The Morgan fingerprint density at radius 2 is 2.18 bits per heavy atom. The number of benzene rings is 1. The van der Waals surface area contributed by atoms with Gasteiger partial charge >= 0.3 is 0 Å². The molecular formula is C15H19N5O2. The lowest BCUT2D eigenvalue weighted by atomic mass is 10.1. The summed E-state index contributed by atoms with van der Waals surface area (Å²) in [5.74, 6) is -0.0729. The number of hydrogen-bond acceptors (Lipinski definition) is 5. The van der Waals surface area contributed by atoms with Crippen LogP contribution in [0.1, 0.15) is 18.4 Å². The number of aromatic nitrogens is 3. The average Bonchev–Trinajstić information content (AvgIpc) is 3.24. The van der Waals surface area contributed by atoms with E-state index in [-0.39, 0.29) is 18.1 Å². The molecule has 116 valence electrons. The number of carbonyl (C=O) groups is 1. The van der Waals surface area contributed by atoms with Crippen molar-refractivity contribution >= 4 is 5.91 Å². The highest BCUT2D eigenvalue weighted by Gasteiger charge is 2.29. The number of ether oxygens (including phenoxy) is 1. The van der Waals surface area contributed by atoms with E-state index in [1.54, 1.807) is 11.0 Å². The summed E-state index contributed by atoms with van der Waals surface area (Å²) in [4.78, 5) is 15.9. The minimum absolute atomic E-state index is 0.0118. The van der Waals surface area contributed by atoms with E-state index >= 15 is 0 Å². The second kappa shape index (κ2) is 6.67. The van der Waals surface area contributed by atoms with Crippen molar-refractivity contribution in [3.05, 3.63) is 42.5 Å². The van der Waals surface area contributed by atoms with Crippen LogP contribution in [0.2, 0.25) is 0 Å². The highest BCUT2D eigenvalue weighted by atomic mass is 16.5. The highest BCUT2D eigenvalue weighted by molar-refractivity contribution is 5.81. The van der Waals surface area contributed by atoms with Crippen molar-refractivity contribution in [3.63, 3.8) is 0 Å². The molecule has 2 aromatic rings. The fraction of sp³-hybridized carbons (Fsp3) is 0.400. The smallest absolute Gasteiger partial charge is 0.249 e. The Bertz CT molecular complexity index is 611. The molecule has 7 nitrogen and oxygen atoms in total. The van der Waals surface area contributed by atoms with E-state index in [0.717, 1.165) is 24.1 Å². The van der Waals surface area contributed by atoms with Gasteiger partial charge < -0.3 is 15.8 Å². The van der Waals surface area contributed by atoms with Crippen molar-refractivity contribution in [1.82, 2.24) is 20.1 Å². The number of rotatable bonds is 5. The minimum Gasteiger partial charge on any atom is -0.364 e. The molecule has 2 atom stereocenters. The molecule has 0 saturated carbocycles. The molecule has 3 rings (SSSR count). The van der Waals surface area contributed by atoms with Gasteiger partial charge in [0.25, 0.3) is 0 Å². The average molecular weight is 301 g/mol. The third-order valence-electron chi connectivity index (χ3n) is 3.75. The van der Waals surface area contributed by atoms with Crippen molar-refractivity contribution in [1.29, 1.82) is 0 Å². The number of nitrogens with one attached hydrogen (secondary N) is 1. The van der Waals surface area contributed by atoms with Crippen LogP contribution in [0.5, 0.6) is 0 Å². The lowest BCUT2D eigenvalue weighted by Gasteiger charge is -2.13. The maximum atomic E-state index is 12.0. The normalized spacial score (nSPS) is 21.0. The standard InChI is InChI=1S/C15H19N5O2/c16-7-13-5-6-14(22-13)15(21)18-8-11-1-3-12(4-2-11)20-10-17-9-19-20/h1-4,9-10,13-14H,5-8,16H2,(H,18,21)/t13-,14+/m1/s1. The minimum atomic E-state index is -0.372. The molecule has 1 aliphatic rings. The Balaban J connectivity index is 1.52. The van der Waals surface area contributed by atoms with E-state index in [9.17, 15) is 4.79 Å². The molecular weight excluding hydrogens is 282 g/mol. The van der Waals surface area contributed by atoms with Gasteiger partial charge in [-0.2, -0.15) is 5.10 Å². The zero-order valence-corrected chi connectivity index (χ0v) is 12.2. The van der Waals surface area contributed by atoms with E-state index in [1.807, 2.05) is 24.3 Å². The first-order chi connectivity index (χ1) is 10.8. The summed E-state index contributed by atoms with van der Waals surface area (Å²) in [6.07, 6.45) is 4.35. The van der Waals surface area contributed by atoms with Gasteiger partial charge in [-0.3, -0.25) is 4.79 Å². The van der Waals surface area contributed by atoms with Crippen LogP contribution in [0.4, 0.5) is 0 Å². The third kappa shape index (κ3) is 3.32. The van der Waals surface area contributed by atoms with E-state index in [0.29, 0.717) is 13.1 Å². The number of amides is 1. The quantitative estimate of drug-likeness (QED) is 0.833. The Morgan fingerprint density at radius 1 is 1.36 bits per heavy atom. The van der Waals surface area contributed by atoms with E-state index in [1.165, 1.54) is 6.33 Å². The van der Waals surface area contributed by atoms with Crippen LogP contribution in [0.3, 0.4) is 0 Å². The molecule has 0 radical (unpaired) electrons. The first kappa shape index (κ1) is 14.7. The molecule has 0 bridgehead atoms. The van der Waals surface area contributed by atoms with Crippen molar-refractivity contribution in [2.24, 2.45) is 5.73 Å². The molecule has 1 aromatic heterocycles. The second-order valence-corrected chi connectivity index (χ2v) is 5.28. The van der Waals surface area contributed by atoms with Crippen LogP contribution in [-0.4, -0.2) is 39.4 Å². The van der Waals surface area contributed by atoms with Crippen LogP contribution >= 0.6 is 0 Å². The molecule has 7 heteroatoms. The van der Waals surface area contributed by atoms with Crippen LogP contribution in [0.25, 0.3) is 5.69 Å². The van der Waals surface area contributed by atoms with Gasteiger partial charge in [-0.15, -0.1) is 0 Å². The third-order valence-corrected chi connectivity index (χ3v) is 3.75. The van der Waals surface area contributed by atoms with Gasteiger partial charge in [0.2, 0.25) is 5.91 Å². The van der Waals surface area contributed by atoms with Crippen LogP contribution in [0.15, 0.2) is 36.9 Å². The summed E-state index contributed by atoms with van der Waals surface area (Å²) in [6, 6.07) is 7.78. The Morgan fingerprint density at radius 3 is 2.82 bits per heavy atom. The summed E-state index contributed by atoms with van der Waals surface area (Å²) in [5, 5.41) is 6.97. The van der Waals surface area contributed by atoms with E-state index in [2.05, 4.69) is 15.4 Å². The van der Waals surface area contributed by atoms with Crippen LogP contribution in [0, 0.1) is 0 Å². The largest absolute Gasteiger partial charge is 0.364 e. The molecule has 0 spiro atoms. The van der Waals surface area contributed by atoms with Gasteiger partial charge in [-0.25, -0.2) is 9.67 Å². The number of nitrogens with zero attached hydrogens (tertiary/aromatic N) is 3. The SMILES string of the molecule is NC[C@H]1CC[C@@H](C(=O)NCc2ccc(-n3cncn3)cc2)O1. The van der Waals surface area contributed by atoms with Crippen molar-refractivity contribution < 1.29 is 9.53 Å². The van der Waals surface area contributed by atoms with Crippen molar-refractivity contribution in [3.8, 4) is 5.69 Å². The molecule has 2 heterocycles. The number of hydrogen-bond donors (Lipinski definition) is 2. The predicted molar refractivity (Wildman–Crippen MR) is 80.2 cm³/mol. The molecule has 0 unspecified atom stereocenters. The van der Waals surface area contributed by atoms with Gasteiger partial charge in [0.15, 0.2) is 0 Å². The summed E-state index contributed by atoms with van der Waals surface area (Å²) in [7, 11) is 0. The van der Waals surface area contributed by atoms with Crippen molar-refractivity contribution in [2.75, 3.05) is 6.54 Å². The maximum absolute atomic E-state index is 12.0. The van der Waals surface area contributed by atoms with Crippen LogP contribution < -0.4 is 11.1 Å². The molecule has 1 saturated heterocycles. The molecule has 1 fully saturated rings. The number of nitrogens with two attached hydrogens (primary N) is 1. The molecule has 3 N–H and O–H groups in total. The summed E-state index contributed by atoms with van der Waals surface area (Å²) >= 11 is 0. The predicted octanol–water partition coefficient (Wildman–Crippen LogP) is 0.390. The monoisotopic (exact) mass is 301 g/mol. The van der Waals surface area contributed by atoms with Gasteiger partial charge in [-0.1, -0.05) is 12.1 Å². The highest BCUT2D eigenvalue weighted by Crippen LogP contribution is 2.19. The fourth-order valence-corrected chi connectivity index (χ4v) is 2.48. The Hall–Kier alpha value is -2.25. The first-order valence-corrected chi connectivity index (χ1v) is 7.33. The fourth-order valence-electron chi connectivity index (χ4n) is 2.48. The molecule has 1 aromatic carbocycles. The van der Waals surface area contributed by atoms with E-state index in [4.69, 9.17) is 10.5 Å².